The maximum absolute atomic E-state index is 14.6. The van der Waals surface area contributed by atoms with Crippen molar-refractivity contribution < 1.29 is 13.5 Å². The fourth-order valence-electron chi connectivity index (χ4n) is 2.26. The van der Waals surface area contributed by atoms with E-state index in [0.29, 0.717) is 5.56 Å². The van der Waals surface area contributed by atoms with Crippen LogP contribution in [0.1, 0.15) is 0 Å². The molecular formula is C15H10F2N2O2. The normalized spacial score (nSPS) is 10.8. The van der Waals surface area contributed by atoms with Crippen LogP contribution < -0.4 is 10.3 Å². The van der Waals surface area contributed by atoms with Crippen LogP contribution >= 0.6 is 0 Å². The quantitative estimate of drug-likeness (QED) is 0.789. The Labute approximate surface area is 118 Å². The molecule has 0 bridgehead atoms. The van der Waals surface area contributed by atoms with Crippen molar-refractivity contribution in [3.63, 3.8) is 0 Å². The van der Waals surface area contributed by atoms with Gasteiger partial charge in [0.05, 0.1) is 19.0 Å². The monoisotopic (exact) mass is 288 g/mol. The standard InChI is InChI=1S/C15H10F2N2O2/c1-21-14-12(17)9(8-5-3-2-4-6-8)11(16)10-13(14)18-7-19-15(10)20/h2-7H,1H3,(H,18,19,20). The van der Waals surface area contributed by atoms with Gasteiger partial charge in [0.25, 0.3) is 5.56 Å². The number of aromatic nitrogens is 2. The molecule has 0 spiro atoms. The maximum Gasteiger partial charge on any atom is 0.261 e. The average molecular weight is 288 g/mol. The van der Waals surface area contributed by atoms with Crippen molar-refractivity contribution in [3.8, 4) is 16.9 Å². The van der Waals surface area contributed by atoms with Gasteiger partial charge in [-0.15, -0.1) is 0 Å². The number of nitrogens with zero attached hydrogens (tertiary/aromatic N) is 1. The number of halogens is 2. The number of methoxy groups -OCH3 is 1. The van der Waals surface area contributed by atoms with Crippen LogP contribution in [0.25, 0.3) is 22.0 Å². The molecule has 6 heteroatoms. The van der Waals surface area contributed by atoms with E-state index in [1.54, 1.807) is 30.3 Å². The molecule has 0 unspecified atom stereocenters. The Balaban J connectivity index is 2.52. The predicted octanol–water partition coefficient (Wildman–Crippen LogP) is 2.88. The lowest BCUT2D eigenvalue weighted by atomic mass is 10.0. The highest BCUT2D eigenvalue weighted by atomic mass is 19.1. The molecule has 2 aromatic carbocycles. The predicted molar refractivity (Wildman–Crippen MR) is 74.3 cm³/mol. The second kappa shape index (κ2) is 4.97. The zero-order chi connectivity index (χ0) is 15.0. The smallest absolute Gasteiger partial charge is 0.261 e. The van der Waals surface area contributed by atoms with Crippen LogP contribution in [0.3, 0.4) is 0 Å². The molecule has 21 heavy (non-hydrogen) atoms. The molecule has 1 heterocycles. The van der Waals surface area contributed by atoms with Gasteiger partial charge in [-0.05, 0) is 5.56 Å². The Bertz CT molecular complexity index is 876. The molecule has 0 atom stereocenters. The second-order valence-corrected chi connectivity index (χ2v) is 4.36. The van der Waals surface area contributed by atoms with E-state index in [4.69, 9.17) is 4.74 Å². The van der Waals surface area contributed by atoms with E-state index < -0.39 is 17.2 Å². The SMILES string of the molecule is COc1c(F)c(-c2ccccc2)c(F)c2c(=O)[nH]cnc12. The summed E-state index contributed by atoms with van der Waals surface area (Å²) in [5.41, 5.74) is -0.821. The summed E-state index contributed by atoms with van der Waals surface area (Å²) in [5.74, 6) is -2.09. The molecule has 1 N–H and O–H groups in total. The number of rotatable bonds is 2. The van der Waals surface area contributed by atoms with Gasteiger partial charge in [-0.1, -0.05) is 30.3 Å². The third-order valence-electron chi connectivity index (χ3n) is 3.19. The van der Waals surface area contributed by atoms with Crippen LogP contribution in [0.2, 0.25) is 0 Å². The summed E-state index contributed by atoms with van der Waals surface area (Å²) in [6.07, 6.45) is 1.08. The van der Waals surface area contributed by atoms with E-state index in [0.717, 1.165) is 6.33 Å². The minimum atomic E-state index is -0.955. The molecule has 106 valence electrons. The van der Waals surface area contributed by atoms with Crippen LogP contribution in [-0.2, 0) is 0 Å². The zero-order valence-corrected chi connectivity index (χ0v) is 11.0. The molecule has 0 aliphatic heterocycles. The number of hydrogen-bond acceptors (Lipinski definition) is 3. The van der Waals surface area contributed by atoms with E-state index in [1.807, 2.05) is 0 Å². The topological polar surface area (TPSA) is 55.0 Å². The van der Waals surface area contributed by atoms with Crippen molar-refractivity contribution in [1.82, 2.24) is 9.97 Å². The number of nitrogens with one attached hydrogen (secondary N) is 1. The van der Waals surface area contributed by atoms with Gasteiger partial charge in [0.15, 0.2) is 11.6 Å². The van der Waals surface area contributed by atoms with Crippen molar-refractivity contribution in [2.24, 2.45) is 0 Å². The van der Waals surface area contributed by atoms with Crippen LogP contribution in [0.4, 0.5) is 8.78 Å². The van der Waals surface area contributed by atoms with E-state index in [-0.39, 0.29) is 22.2 Å². The lowest BCUT2D eigenvalue weighted by Crippen LogP contribution is -2.11. The molecule has 0 radical (unpaired) electrons. The number of fused-ring (bicyclic) bond motifs is 1. The van der Waals surface area contributed by atoms with Gasteiger partial charge in [0.2, 0.25) is 0 Å². The third-order valence-corrected chi connectivity index (χ3v) is 3.19. The highest BCUT2D eigenvalue weighted by Crippen LogP contribution is 2.36. The Morgan fingerprint density at radius 2 is 1.86 bits per heavy atom. The minimum absolute atomic E-state index is 0.143. The van der Waals surface area contributed by atoms with E-state index in [2.05, 4.69) is 9.97 Å². The van der Waals surface area contributed by atoms with E-state index >= 15 is 0 Å². The number of ether oxygens (including phenoxy) is 1. The molecule has 0 fully saturated rings. The highest BCUT2D eigenvalue weighted by molar-refractivity contribution is 5.90. The average Bonchev–Trinajstić information content (AvgIpc) is 2.48. The first-order valence-corrected chi connectivity index (χ1v) is 6.13. The number of hydrogen-bond donors (Lipinski definition) is 1. The number of H-pyrrole nitrogens is 1. The van der Waals surface area contributed by atoms with Gasteiger partial charge in [-0.3, -0.25) is 4.79 Å². The van der Waals surface area contributed by atoms with E-state index in [9.17, 15) is 13.6 Å². The van der Waals surface area contributed by atoms with Crippen molar-refractivity contribution in [2.75, 3.05) is 7.11 Å². The number of benzene rings is 2. The molecule has 0 amide bonds. The first-order valence-electron chi connectivity index (χ1n) is 6.13. The Kier molecular flexibility index (Phi) is 3.13. The van der Waals surface area contributed by atoms with Crippen molar-refractivity contribution in [2.45, 2.75) is 0 Å². The molecule has 1 aromatic heterocycles. The molecule has 4 nitrogen and oxygen atoms in total. The Morgan fingerprint density at radius 1 is 1.14 bits per heavy atom. The minimum Gasteiger partial charge on any atom is -0.491 e. The molecule has 0 aliphatic carbocycles. The van der Waals surface area contributed by atoms with Crippen molar-refractivity contribution in [3.05, 3.63) is 58.6 Å². The van der Waals surface area contributed by atoms with Gasteiger partial charge in [0, 0.05) is 0 Å². The van der Waals surface area contributed by atoms with Gasteiger partial charge in [-0.25, -0.2) is 13.8 Å². The van der Waals surface area contributed by atoms with Gasteiger partial charge in [0.1, 0.15) is 16.7 Å². The van der Waals surface area contributed by atoms with Crippen LogP contribution in [0.5, 0.6) is 5.75 Å². The Morgan fingerprint density at radius 3 is 2.52 bits per heavy atom. The molecular weight excluding hydrogens is 278 g/mol. The van der Waals surface area contributed by atoms with Crippen LogP contribution in [0.15, 0.2) is 41.5 Å². The summed E-state index contributed by atoms with van der Waals surface area (Å²) < 4.78 is 34.2. The second-order valence-electron chi connectivity index (χ2n) is 4.36. The highest BCUT2D eigenvalue weighted by Gasteiger charge is 2.24. The largest absolute Gasteiger partial charge is 0.491 e. The molecule has 0 aliphatic rings. The lowest BCUT2D eigenvalue weighted by Gasteiger charge is -2.12. The van der Waals surface area contributed by atoms with Crippen molar-refractivity contribution >= 4 is 10.9 Å². The third kappa shape index (κ3) is 1.96. The Hall–Kier alpha value is -2.76. The first-order chi connectivity index (χ1) is 10.1. The first kappa shape index (κ1) is 13.2. The van der Waals surface area contributed by atoms with Crippen LogP contribution in [0, 0.1) is 11.6 Å². The summed E-state index contributed by atoms with van der Waals surface area (Å²) in [6.45, 7) is 0. The maximum atomic E-state index is 14.6. The molecule has 3 aromatic rings. The molecule has 0 saturated heterocycles. The summed E-state index contributed by atoms with van der Waals surface area (Å²) in [6, 6.07) is 8.14. The fourth-order valence-corrected chi connectivity index (χ4v) is 2.26. The van der Waals surface area contributed by atoms with Gasteiger partial charge in [-0.2, -0.15) is 0 Å². The zero-order valence-electron chi connectivity index (χ0n) is 11.0. The van der Waals surface area contributed by atoms with E-state index in [1.165, 1.54) is 7.11 Å². The van der Waals surface area contributed by atoms with Crippen molar-refractivity contribution in [1.29, 1.82) is 0 Å². The van der Waals surface area contributed by atoms with Gasteiger partial charge >= 0.3 is 0 Å². The van der Waals surface area contributed by atoms with Gasteiger partial charge < -0.3 is 9.72 Å². The number of aromatic amines is 1. The molecule has 3 rings (SSSR count). The fraction of sp³-hybridized carbons (Fsp3) is 0.0667. The van der Waals surface area contributed by atoms with Crippen LogP contribution in [-0.4, -0.2) is 17.1 Å². The summed E-state index contributed by atoms with van der Waals surface area (Å²) in [4.78, 5) is 17.9. The molecule has 0 saturated carbocycles. The summed E-state index contributed by atoms with van der Waals surface area (Å²) in [5, 5.41) is -0.324. The lowest BCUT2D eigenvalue weighted by molar-refractivity contribution is 0.390. The summed E-state index contributed by atoms with van der Waals surface area (Å²) in [7, 11) is 1.24. The summed E-state index contributed by atoms with van der Waals surface area (Å²) >= 11 is 0.